The Bertz CT molecular complexity index is 1010. The van der Waals surface area contributed by atoms with E-state index in [0.29, 0.717) is 48.8 Å². The van der Waals surface area contributed by atoms with Crippen LogP contribution in [0.15, 0.2) is 39.5 Å². The molecule has 8 nitrogen and oxygen atoms in total. The van der Waals surface area contributed by atoms with Crippen molar-refractivity contribution in [2.24, 2.45) is 11.7 Å². The number of benzene rings is 1. The van der Waals surface area contributed by atoms with Crippen molar-refractivity contribution < 1.29 is 23.5 Å². The molecule has 1 aromatic carbocycles. The summed E-state index contributed by atoms with van der Waals surface area (Å²) in [6, 6.07) is 8.90. The molecule has 1 saturated heterocycles. The van der Waals surface area contributed by atoms with Gasteiger partial charge in [0.1, 0.15) is 12.2 Å². The van der Waals surface area contributed by atoms with Gasteiger partial charge in [-0.1, -0.05) is 12.1 Å². The third-order valence-corrected chi connectivity index (χ3v) is 5.39. The Kier molecular flexibility index (Phi) is 5.00. The fraction of sp³-hybridized carbons (Fsp3) is 0.381. The van der Waals surface area contributed by atoms with E-state index in [-0.39, 0.29) is 24.0 Å². The van der Waals surface area contributed by atoms with Gasteiger partial charge in [-0.25, -0.2) is 4.79 Å². The van der Waals surface area contributed by atoms with Crippen LogP contribution in [0, 0.1) is 12.8 Å². The number of ether oxygens (including phenoxy) is 2. The molecule has 0 bridgehead atoms. The molecule has 1 aromatic heterocycles. The third kappa shape index (κ3) is 3.70. The molecular formula is C21H22N2O6. The molecule has 4 rings (SSSR count). The Morgan fingerprint density at radius 1 is 1.14 bits per heavy atom. The molecule has 0 aliphatic carbocycles. The van der Waals surface area contributed by atoms with Gasteiger partial charge in [-0.3, -0.25) is 9.59 Å². The van der Waals surface area contributed by atoms with Crippen molar-refractivity contribution in [3.8, 4) is 11.5 Å². The molecule has 2 aliphatic rings. The number of rotatable bonds is 3. The number of nitrogens with zero attached hydrogens (tertiary/aromatic N) is 1. The van der Waals surface area contributed by atoms with E-state index in [1.807, 2.05) is 12.1 Å². The van der Waals surface area contributed by atoms with Crippen molar-refractivity contribution in [1.29, 1.82) is 0 Å². The van der Waals surface area contributed by atoms with Crippen LogP contribution in [0.1, 0.15) is 40.6 Å². The summed E-state index contributed by atoms with van der Waals surface area (Å²) in [5.74, 6) is 0.539. The van der Waals surface area contributed by atoms with Gasteiger partial charge < -0.3 is 24.5 Å². The average Bonchev–Trinajstić information content (AvgIpc) is 2.72. The van der Waals surface area contributed by atoms with Gasteiger partial charge in [0.15, 0.2) is 23.4 Å². The first-order chi connectivity index (χ1) is 13.9. The van der Waals surface area contributed by atoms with Crippen molar-refractivity contribution in [1.82, 2.24) is 4.90 Å². The zero-order valence-corrected chi connectivity index (χ0v) is 16.1. The third-order valence-electron chi connectivity index (χ3n) is 5.39. The molecule has 0 saturated carbocycles. The van der Waals surface area contributed by atoms with E-state index in [9.17, 15) is 14.4 Å². The summed E-state index contributed by atoms with van der Waals surface area (Å²) >= 11 is 0. The standard InChI is InChI=1S/C21H22N2O6/c1-12-10-16(17-11-27-14-4-2-3-5-15(14)28-17)29-21(26)18(12)20(25)23-8-6-13(7-9-23)19(22)24/h2-5,10,13,17H,6-9,11H2,1H3,(H2,22,24). The number of primary amides is 1. The molecular weight excluding hydrogens is 376 g/mol. The summed E-state index contributed by atoms with van der Waals surface area (Å²) in [6.07, 6.45) is 0.415. The van der Waals surface area contributed by atoms with E-state index in [4.69, 9.17) is 19.6 Å². The summed E-state index contributed by atoms with van der Waals surface area (Å²) in [7, 11) is 0. The average molecular weight is 398 g/mol. The van der Waals surface area contributed by atoms with E-state index in [0.717, 1.165) is 0 Å². The van der Waals surface area contributed by atoms with Crippen molar-refractivity contribution in [3.63, 3.8) is 0 Å². The van der Waals surface area contributed by atoms with Gasteiger partial charge in [-0.2, -0.15) is 0 Å². The second kappa shape index (κ2) is 7.62. The molecule has 29 heavy (non-hydrogen) atoms. The molecule has 2 N–H and O–H groups in total. The number of carbonyl (C=O) groups excluding carboxylic acids is 2. The van der Waals surface area contributed by atoms with Crippen LogP contribution in [0.3, 0.4) is 0 Å². The Balaban J connectivity index is 1.53. The molecule has 1 unspecified atom stereocenters. The highest BCUT2D eigenvalue weighted by molar-refractivity contribution is 5.95. The van der Waals surface area contributed by atoms with Crippen molar-refractivity contribution in [3.05, 3.63) is 57.6 Å². The Hall–Kier alpha value is -3.29. The van der Waals surface area contributed by atoms with Crippen LogP contribution in [-0.2, 0) is 4.79 Å². The minimum atomic E-state index is -0.704. The Labute approximate surface area is 167 Å². The number of carbonyl (C=O) groups is 2. The molecule has 152 valence electrons. The normalized spacial score (nSPS) is 19.1. The lowest BCUT2D eigenvalue weighted by Gasteiger charge is -2.30. The molecule has 1 atom stereocenters. The largest absolute Gasteiger partial charge is 0.485 e. The SMILES string of the molecule is Cc1cc(C2COc3ccccc3O2)oc(=O)c1C(=O)N1CCC(C(N)=O)CC1. The van der Waals surface area contributed by atoms with Crippen molar-refractivity contribution >= 4 is 11.8 Å². The summed E-state index contributed by atoms with van der Waals surface area (Å²) in [5, 5.41) is 0. The van der Waals surface area contributed by atoms with Crippen LogP contribution in [0.2, 0.25) is 0 Å². The molecule has 0 radical (unpaired) electrons. The van der Waals surface area contributed by atoms with E-state index < -0.39 is 17.6 Å². The van der Waals surface area contributed by atoms with Gasteiger partial charge in [-0.05, 0) is 43.5 Å². The molecule has 3 heterocycles. The summed E-state index contributed by atoms with van der Waals surface area (Å²) in [6.45, 7) is 2.65. The van der Waals surface area contributed by atoms with E-state index in [1.54, 1.807) is 30.0 Å². The van der Waals surface area contributed by atoms with Crippen LogP contribution in [0.5, 0.6) is 11.5 Å². The summed E-state index contributed by atoms with van der Waals surface area (Å²) < 4.78 is 17.0. The first kappa shape index (κ1) is 19.0. The lowest BCUT2D eigenvalue weighted by molar-refractivity contribution is -0.123. The number of para-hydroxylation sites is 2. The maximum Gasteiger partial charge on any atom is 0.349 e. The summed E-state index contributed by atoms with van der Waals surface area (Å²) in [5.41, 5.74) is 5.15. The molecule has 2 aliphatic heterocycles. The van der Waals surface area contributed by atoms with Crippen molar-refractivity contribution in [2.45, 2.75) is 25.9 Å². The van der Waals surface area contributed by atoms with E-state index >= 15 is 0 Å². The van der Waals surface area contributed by atoms with Crippen LogP contribution in [0.4, 0.5) is 0 Å². The molecule has 2 aromatic rings. The van der Waals surface area contributed by atoms with Crippen molar-refractivity contribution in [2.75, 3.05) is 19.7 Å². The van der Waals surface area contributed by atoms with Gasteiger partial charge in [0, 0.05) is 19.0 Å². The number of amides is 2. The predicted molar refractivity (Wildman–Crippen MR) is 103 cm³/mol. The highest BCUT2D eigenvalue weighted by Crippen LogP contribution is 2.35. The Morgan fingerprint density at radius 3 is 2.48 bits per heavy atom. The number of aryl methyl sites for hydroxylation is 1. The second-order valence-corrected chi connectivity index (χ2v) is 7.33. The fourth-order valence-corrected chi connectivity index (χ4v) is 3.73. The highest BCUT2D eigenvalue weighted by Gasteiger charge is 2.31. The van der Waals surface area contributed by atoms with Gasteiger partial charge >= 0.3 is 5.63 Å². The molecule has 0 spiro atoms. The zero-order valence-electron chi connectivity index (χ0n) is 16.1. The van der Waals surface area contributed by atoms with E-state index in [1.165, 1.54) is 0 Å². The lowest BCUT2D eigenvalue weighted by atomic mass is 9.95. The minimum Gasteiger partial charge on any atom is -0.485 e. The monoisotopic (exact) mass is 398 g/mol. The number of fused-ring (bicyclic) bond motifs is 1. The van der Waals surface area contributed by atoms with Crippen LogP contribution in [0.25, 0.3) is 0 Å². The Morgan fingerprint density at radius 2 is 1.83 bits per heavy atom. The number of piperidine rings is 1. The molecule has 1 fully saturated rings. The van der Waals surface area contributed by atoms with E-state index in [2.05, 4.69) is 0 Å². The van der Waals surface area contributed by atoms with Crippen LogP contribution in [-0.4, -0.2) is 36.4 Å². The van der Waals surface area contributed by atoms with Crippen LogP contribution >= 0.6 is 0 Å². The number of nitrogens with two attached hydrogens (primary N) is 1. The topological polar surface area (TPSA) is 112 Å². The second-order valence-electron chi connectivity index (χ2n) is 7.33. The van der Waals surface area contributed by atoms with Crippen LogP contribution < -0.4 is 20.8 Å². The number of hydrogen-bond acceptors (Lipinski definition) is 6. The smallest absolute Gasteiger partial charge is 0.349 e. The fourth-order valence-electron chi connectivity index (χ4n) is 3.73. The van der Waals surface area contributed by atoms with Gasteiger partial charge in [-0.15, -0.1) is 0 Å². The predicted octanol–water partition coefficient (Wildman–Crippen LogP) is 1.80. The molecule has 8 heteroatoms. The number of hydrogen-bond donors (Lipinski definition) is 1. The first-order valence-electron chi connectivity index (χ1n) is 9.55. The quantitative estimate of drug-likeness (QED) is 0.844. The zero-order chi connectivity index (χ0) is 20.5. The maximum atomic E-state index is 12.9. The number of likely N-dealkylation sites (tertiary alicyclic amines) is 1. The minimum absolute atomic E-state index is 0.00315. The van der Waals surface area contributed by atoms with Gasteiger partial charge in [0.2, 0.25) is 5.91 Å². The first-order valence-corrected chi connectivity index (χ1v) is 9.55. The van der Waals surface area contributed by atoms with Gasteiger partial charge in [0.05, 0.1) is 0 Å². The van der Waals surface area contributed by atoms with Gasteiger partial charge in [0.25, 0.3) is 5.91 Å². The lowest BCUT2D eigenvalue weighted by Crippen LogP contribution is -2.43. The molecule has 2 amide bonds. The maximum absolute atomic E-state index is 12.9. The summed E-state index contributed by atoms with van der Waals surface area (Å²) in [4.78, 5) is 38.4. The highest BCUT2D eigenvalue weighted by atomic mass is 16.6.